The van der Waals surface area contributed by atoms with Crippen LogP contribution in [0.5, 0.6) is 0 Å². The van der Waals surface area contributed by atoms with Gasteiger partial charge in [-0.3, -0.25) is 19.9 Å². The third-order valence-electron chi connectivity index (χ3n) is 3.45. The number of carbonyl (C=O) groups is 1. The second-order valence-electron chi connectivity index (χ2n) is 4.68. The molecule has 0 fully saturated rings. The maximum absolute atomic E-state index is 12.5. The van der Waals surface area contributed by atoms with Crippen molar-refractivity contribution in [2.75, 3.05) is 13.1 Å². The van der Waals surface area contributed by atoms with Crippen molar-refractivity contribution in [3.05, 3.63) is 58.4 Å². The second kappa shape index (κ2) is 6.80. The summed E-state index contributed by atoms with van der Waals surface area (Å²) in [6.07, 6.45) is 1.58. The Bertz CT molecular complexity index is 679. The number of non-ortho nitro benzene ring substituents is 1. The summed E-state index contributed by atoms with van der Waals surface area (Å²) >= 11 is 0. The molecule has 0 aliphatic rings. The number of nitrogens with zero attached hydrogens (tertiary/aromatic N) is 3. The van der Waals surface area contributed by atoms with E-state index in [1.165, 1.54) is 12.1 Å². The molecule has 0 saturated carbocycles. The SMILES string of the molecule is CCN(CC)C(=O)c1ncccc1-c1ccc([N+](=O)[O-])cc1. The zero-order valence-corrected chi connectivity index (χ0v) is 12.5. The van der Waals surface area contributed by atoms with E-state index in [9.17, 15) is 14.9 Å². The Balaban J connectivity index is 2.44. The first-order valence-corrected chi connectivity index (χ1v) is 7.07. The highest BCUT2D eigenvalue weighted by Crippen LogP contribution is 2.25. The number of benzene rings is 1. The minimum atomic E-state index is -0.449. The Morgan fingerprint density at radius 1 is 1.18 bits per heavy atom. The lowest BCUT2D eigenvalue weighted by Gasteiger charge is -2.19. The normalized spacial score (nSPS) is 10.3. The Labute approximate surface area is 128 Å². The molecule has 0 spiro atoms. The lowest BCUT2D eigenvalue weighted by Crippen LogP contribution is -2.31. The average Bonchev–Trinajstić information content (AvgIpc) is 2.56. The topological polar surface area (TPSA) is 76.3 Å². The number of pyridine rings is 1. The van der Waals surface area contributed by atoms with E-state index in [-0.39, 0.29) is 11.6 Å². The van der Waals surface area contributed by atoms with Crippen LogP contribution in [0.25, 0.3) is 11.1 Å². The molecule has 6 heteroatoms. The highest BCUT2D eigenvalue weighted by Gasteiger charge is 2.19. The van der Waals surface area contributed by atoms with Gasteiger partial charge < -0.3 is 4.90 Å². The summed E-state index contributed by atoms with van der Waals surface area (Å²) in [5.74, 6) is -0.140. The summed E-state index contributed by atoms with van der Waals surface area (Å²) in [5.41, 5.74) is 1.79. The van der Waals surface area contributed by atoms with Gasteiger partial charge in [0.2, 0.25) is 0 Å². The standard InChI is InChI=1S/C16H17N3O3/c1-3-18(4-2)16(20)15-14(6-5-11-17-15)12-7-9-13(10-8-12)19(21)22/h5-11H,3-4H2,1-2H3. The molecular formula is C16H17N3O3. The summed E-state index contributed by atoms with van der Waals surface area (Å²) in [5, 5.41) is 10.7. The van der Waals surface area contributed by atoms with Crippen LogP contribution in [-0.2, 0) is 0 Å². The molecule has 6 nitrogen and oxygen atoms in total. The monoisotopic (exact) mass is 299 g/mol. The average molecular weight is 299 g/mol. The van der Waals surface area contributed by atoms with Crippen LogP contribution in [0.2, 0.25) is 0 Å². The third-order valence-corrected chi connectivity index (χ3v) is 3.45. The van der Waals surface area contributed by atoms with Gasteiger partial charge in [0, 0.05) is 37.0 Å². The molecule has 1 aromatic carbocycles. The predicted octanol–water partition coefficient (Wildman–Crippen LogP) is 3.14. The van der Waals surface area contributed by atoms with Gasteiger partial charge in [-0.25, -0.2) is 0 Å². The quantitative estimate of drug-likeness (QED) is 0.627. The zero-order valence-electron chi connectivity index (χ0n) is 12.5. The molecule has 0 radical (unpaired) electrons. The molecule has 0 unspecified atom stereocenters. The number of hydrogen-bond donors (Lipinski definition) is 0. The molecule has 0 bridgehead atoms. The number of amides is 1. The van der Waals surface area contributed by atoms with Gasteiger partial charge in [0.25, 0.3) is 11.6 Å². The van der Waals surface area contributed by atoms with Crippen LogP contribution in [0.3, 0.4) is 0 Å². The van der Waals surface area contributed by atoms with Crippen LogP contribution in [0.1, 0.15) is 24.3 Å². The molecule has 2 aromatic rings. The highest BCUT2D eigenvalue weighted by atomic mass is 16.6. The lowest BCUT2D eigenvalue weighted by molar-refractivity contribution is -0.384. The Morgan fingerprint density at radius 3 is 2.36 bits per heavy atom. The van der Waals surface area contributed by atoms with Gasteiger partial charge in [-0.2, -0.15) is 0 Å². The largest absolute Gasteiger partial charge is 0.338 e. The Morgan fingerprint density at radius 2 is 1.82 bits per heavy atom. The minimum absolute atomic E-state index is 0.0178. The fourth-order valence-electron chi connectivity index (χ4n) is 2.23. The molecule has 1 heterocycles. The number of hydrogen-bond acceptors (Lipinski definition) is 4. The maximum atomic E-state index is 12.5. The molecule has 0 N–H and O–H groups in total. The van der Waals surface area contributed by atoms with Crippen molar-refractivity contribution in [2.45, 2.75) is 13.8 Å². The number of carbonyl (C=O) groups excluding carboxylic acids is 1. The number of nitro groups is 1. The fraction of sp³-hybridized carbons (Fsp3) is 0.250. The van der Waals surface area contributed by atoms with Crippen molar-refractivity contribution in [1.82, 2.24) is 9.88 Å². The third kappa shape index (κ3) is 3.11. The van der Waals surface area contributed by atoms with Crippen LogP contribution in [0.15, 0.2) is 42.6 Å². The molecule has 0 aliphatic heterocycles. The van der Waals surface area contributed by atoms with Gasteiger partial charge in [-0.05, 0) is 37.6 Å². The summed E-state index contributed by atoms with van der Waals surface area (Å²) < 4.78 is 0. The molecule has 0 atom stereocenters. The van der Waals surface area contributed by atoms with Crippen LogP contribution < -0.4 is 0 Å². The molecule has 22 heavy (non-hydrogen) atoms. The van der Waals surface area contributed by atoms with Gasteiger partial charge in [-0.1, -0.05) is 6.07 Å². The molecule has 2 rings (SSSR count). The van der Waals surface area contributed by atoms with E-state index in [0.29, 0.717) is 24.3 Å². The fourth-order valence-corrected chi connectivity index (χ4v) is 2.23. The number of aromatic nitrogens is 1. The van der Waals surface area contributed by atoms with E-state index in [2.05, 4.69) is 4.98 Å². The maximum Gasteiger partial charge on any atom is 0.273 e. The van der Waals surface area contributed by atoms with Gasteiger partial charge in [0.1, 0.15) is 5.69 Å². The van der Waals surface area contributed by atoms with Crippen molar-refractivity contribution in [1.29, 1.82) is 0 Å². The summed E-state index contributed by atoms with van der Waals surface area (Å²) in [6, 6.07) is 9.66. The van der Waals surface area contributed by atoms with Crippen molar-refractivity contribution in [3.63, 3.8) is 0 Å². The van der Waals surface area contributed by atoms with E-state index < -0.39 is 4.92 Å². The Hall–Kier alpha value is -2.76. The summed E-state index contributed by atoms with van der Waals surface area (Å²) in [6.45, 7) is 5.03. The van der Waals surface area contributed by atoms with Crippen LogP contribution in [0.4, 0.5) is 5.69 Å². The van der Waals surface area contributed by atoms with E-state index in [4.69, 9.17) is 0 Å². The van der Waals surface area contributed by atoms with Crippen LogP contribution in [0, 0.1) is 10.1 Å². The smallest absolute Gasteiger partial charge is 0.273 e. The van der Waals surface area contributed by atoms with Gasteiger partial charge in [0.05, 0.1) is 4.92 Å². The molecule has 114 valence electrons. The highest BCUT2D eigenvalue weighted by molar-refractivity contribution is 5.99. The zero-order chi connectivity index (χ0) is 16.1. The molecular weight excluding hydrogens is 282 g/mol. The van der Waals surface area contributed by atoms with Gasteiger partial charge >= 0.3 is 0 Å². The first-order chi connectivity index (χ1) is 10.6. The van der Waals surface area contributed by atoms with Crippen molar-refractivity contribution in [3.8, 4) is 11.1 Å². The molecule has 1 amide bonds. The number of rotatable bonds is 5. The molecule has 0 saturated heterocycles. The predicted molar refractivity (Wildman–Crippen MR) is 83.6 cm³/mol. The molecule has 1 aromatic heterocycles. The van der Waals surface area contributed by atoms with Crippen molar-refractivity contribution in [2.24, 2.45) is 0 Å². The van der Waals surface area contributed by atoms with E-state index in [1.807, 2.05) is 13.8 Å². The summed E-state index contributed by atoms with van der Waals surface area (Å²) in [4.78, 5) is 28.7. The van der Waals surface area contributed by atoms with E-state index in [1.54, 1.807) is 35.4 Å². The van der Waals surface area contributed by atoms with E-state index in [0.717, 1.165) is 5.56 Å². The number of nitro benzene ring substituents is 1. The second-order valence-corrected chi connectivity index (χ2v) is 4.68. The van der Waals surface area contributed by atoms with Gasteiger partial charge in [-0.15, -0.1) is 0 Å². The first kappa shape index (κ1) is 15.6. The van der Waals surface area contributed by atoms with Crippen molar-refractivity contribution < 1.29 is 9.72 Å². The summed E-state index contributed by atoms with van der Waals surface area (Å²) in [7, 11) is 0. The molecule has 0 aliphatic carbocycles. The van der Waals surface area contributed by atoms with Gasteiger partial charge in [0.15, 0.2) is 0 Å². The van der Waals surface area contributed by atoms with E-state index >= 15 is 0 Å². The Kier molecular flexibility index (Phi) is 4.83. The minimum Gasteiger partial charge on any atom is -0.338 e. The lowest BCUT2D eigenvalue weighted by atomic mass is 10.0. The van der Waals surface area contributed by atoms with Crippen LogP contribution in [-0.4, -0.2) is 33.8 Å². The first-order valence-electron chi connectivity index (χ1n) is 7.07. The van der Waals surface area contributed by atoms with Crippen molar-refractivity contribution >= 4 is 11.6 Å². The van der Waals surface area contributed by atoms with Crippen LogP contribution >= 0.6 is 0 Å².